The van der Waals surface area contributed by atoms with Crippen LogP contribution in [-0.2, 0) is 0 Å². The molecule has 17 heavy (non-hydrogen) atoms. The van der Waals surface area contributed by atoms with E-state index in [9.17, 15) is 0 Å². The topological polar surface area (TPSA) is 36.8 Å². The van der Waals surface area contributed by atoms with E-state index in [0.717, 1.165) is 31.0 Å². The summed E-state index contributed by atoms with van der Waals surface area (Å²) in [4.78, 5) is 9.28. The molecular formula is C14H17N3. The monoisotopic (exact) mass is 227 g/mol. The standard InChI is InChI=1S/C14H17N3/c1-2-4-12(5-3-1)14-16-10-13(17-14)11-6-8-15-9-7-11/h1-5,11,15H,6-10H2. The molecule has 1 aromatic carbocycles. The lowest BCUT2D eigenvalue weighted by Gasteiger charge is -2.22. The van der Waals surface area contributed by atoms with E-state index in [-0.39, 0.29) is 0 Å². The third-order valence-electron chi connectivity index (χ3n) is 3.48. The number of nitrogens with one attached hydrogen (secondary N) is 1. The Bertz CT molecular complexity index is 442. The molecule has 0 saturated carbocycles. The van der Waals surface area contributed by atoms with Gasteiger partial charge in [-0.15, -0.1) is 0 Å². The Labute approximate surface area is 102 Å². The molecule has 2 aliphatic rings. The van der Waals surface area contributed by atoms with Gasteiger partial charge < -0.3 is 5.32 Å². The normalized spacial score (nSPS) is 21.2. The van der Waals surface area contributed by atoms with Gasteiger partial charge >= 0.3 is 0 Å². The molecule has 3 heteroatoms. The molecule has 0 unspecified atom stereocenters. The highest BCUT2D eigenvalue weighted by Gasteiger charge is 2.22. The lowest BCUT2D eigenvalue weighted by molar-refractivity contribution is 0.455. The Morgan fingerprint density at radius 1 is 1.06 bits per heavy atom. The smallest absolute Gasteiger partial charge is 0.154 e. The van der Waals surface area contributed by atoms with Crippen molar-refractivity contribution in [2.24, 2.45) is 15.9 Å². The van der Waals surface area contributed by atoms with Crippen LogP contribution in [-0.4, -0.2) is 31.2 Å². The molecule has 0 amide bonds. The number of nitrogens with zero attached hydrogens (tertiary/aromatic N) is 2. The average Bonchev–Trinajstić information content (AvgIpc) is 2.90. The maximum Gasteiger partial charge on any atom is 0.154 e. The summed E-state index contributed by atoms with van der Waals surface area (Å²) in [5.41, 5.74) is 2.42. The van der Waals surface area contributed by atoms with Gasteiger partial charge in [0, 0.05) is 17.2 Å². The van der Waals surface area contributed by atoms with E-state index in [0.29, 0.717) is 5.92 Å². The van der Waals surface area contributed by atoms with E-state index in [1.807, 2.05) is 18.2 Å². The molecule has 0 atom stereocenters. The highest BCUT2D eigenvalue weighted by Crippen LogP contribution is 2.18. The molecule has 88 valence electrons. The van der Waals surface area contributed by atoms with Gasteiger partial charge in [-0.1, -0.05) is 30.3 Å². The summed E-state index contributed by atoms with van der Waals surface area (Å²) in [5.74, 6) is 1.56. The SMILES string of the molecule is c1ccc(C2=NCC(C3CCNCC3)=N2)cc1. The third-order valence-corrected chi connectivity index (χ3v) is 3.48. The van der Waals surface area contributed by atoms with Gasteiger partial charge in [-0.05, 0) is 25.9 Å². The predicted molar refractivity (Wildman–Crippen MR) is 70.9 cm³/mol. The molecule has 1 N–H and O–H groups in total. The second-order valence-electron chi connectivity index (χ2n) is 4.63. The highest BCUT2D eigenvalue weighted by molar-refractivity contribution is 6.12. The summed E-state index contributed by atoms with van der Waals surface area (Å²) in [6.45, 7) is 3.03. The lowest BCUT2D eigenvalue weighted by atomic mass is 9.93. The second-order valence-corrected chi connectivity index (χ2v) is 4.63. The van der Waals surface area contributed by atoms with Crippen molar-refractivity contribution in [3.05, 3.63) is 35.9 Å². The number of hydrogen-bond donors (Lipinski definition) is 1. The van der Waals surface area contributed by atoms with E-state index in [4.69, 9.17) is 4.99 Å². The molecule has 3 nitrogen and oxygen atoms in total. The van der Waals surface area contributed by atoms with Crippen LogP contribution in [0.1, 0.15) is 18.4 Å². The van der Waals surface area contributed by atoms with E-state index in [1.54, 1.807) is 0 Å². The van der Waals surface area contributed by atoms with Crippen molar-refractivity contribution in [2.45, 2.75) is 12.8 Å². The van der Waals surface area contributed by atoms with Gasteiger partial charge in [-0.25, -0.2) is 4.99 Å². The van der Waals surface area contributed by atoms with Gasteiger partial charge in [0.25, 0.3) is 0 Å². The van der Waals surface area contributed by atoms with E-state index in [2.05, 4.69) is 22.4 Å². The lowest BCUT2D eigenvalue weighted by Crippen LogP contribution is -2.32. The summed E-state index contributed by atoms with van der Waals surface area (Å²) in [5, 5.41) is 3.39. The van der Waals surface area contributed by atoms with Crippen LogP contribution in [0.2, 0.25) is 0 Å². The van der Waals surface area contributed by atoms with Crippen LogP contribution in [0, 0.1) is 5.92 Å². The fraction of sp³-hybridized carbons (Fsp3) is 0.429. The quantitative estimate of drug-likeness (QED) is 0.823. The number of piperidine rings is 1. The van der Waals surface area contributed by atoms with E-state index >= 15 is 0 Å². The summed E-state index contributed by atoms with van der Waals surface area (Å²) in [6.07, 6.45) is 2.41. The first-order valence-corrected chi connectivity index (χ1v) is 6.31. The second kappa shape index (κ2) is 4.80. The molecule has 0 bridgehead atoms. The maximum absolute atomic E-state index is 4.72. The van der Waals surface area contributed by atoms with Crippen molar-refractivity contribution in [3.8, 4) is 0 Å². The van der Waals surface area contributed by atoms with Crippen molar-refractivity contribution >= 4 is 11.5 Å². The van der Waals surface area contributed by atoms with Crippen LogP contribution in [0.3, 0.4) is 0 Å². The third kappa shape index (κ3) is 2.29. The Morgan fingerprint density at radius 2 is 1.82 bits per heavy atom. The van der Waals surface area contributed by atoms with Crippen LogP contribution in [0.15, 0.2) is 40.3 Å². The molecule has 0 aromatic heterocycles. The van der Waals surface area contributed by atoms with Crippen molar-refractivity contribution in [1.29, 1.82) is 0 Å². The number of hydrogen-bond acceptors (Lipinski definition) is 3. The first kappa shape index (κ1) is 10.7. The number of aliphatic imine (C=N–C) groups is 2. The first-order valence-electron chi connectivity index (χ1n) is 6.31. The van der Waals surface area contributed by atoms with Crippen LogP contribution in [0.4, 0.5) is 0 Å². The zero-order valence-corrected chi connectivity index (χ0v) is 9.89. The molecule has 2 aliphatic heterocycles. The first-order chi connectivity index (χ1) is 8.43. The van der Waals surface area contributed by atoms with Gasteiger partial charge in [-0.3, -0.25) is 4.99 Å². The van der Waals surface area contributed by atoms with Crippen LogP contribution in [0.25, 0.3) is 0 Å². The fourth-order valence-electron chi connectivity index (χ4n) is 2.48. The van der Waals surface area contributed by atoms with Gasteiger partial charge in [0.2, 0.25) is 0 Å². The molecule has 0 radical (unpaired) electrons. The molecule has 1 fully saturated rings. The Balaban J connectivity index is 1.75. The summed E-state index contributed by atoms with van der Waals surface area (Å²) in [7, 11) is 0. The summed E-state index contributed by atoms with van der Waals surface area (Å²) < 4.78 is 0. The number of amidine groups is 1. The molecule has 0 aliphatic carbocycles. The van der Waals surface area contributed by atoms with E-state index in [1.165, 1.54) is 18.6 Å². The van der Waals surface area contributed by atoms with Crippen LogP contribution in [0.5, 0.6) is 0 Å². The minimum absolute atomic E-state index is 0.640. The fourth-order valence-corrected chi connectivity index (χ4v) is 2.48. The minimum Gasteiger partial charge on any atom is -0.317 e. The van der Waals surface area contributed by atoms with Crippen molar-refractivity contribution in [2.75, 3.05) is 19.6 Å². The Hall–Kier alpha value is -1.48. The summed E-state index contributed by atoms with van der Waals surface area (Å²) in [6, 6.07) is 10.3. The molecule has 0 spiro atoms. The van der Waals surface area contributed by atoms with Gasteiger partial charge in [0.15, 0.2) is 5.84 Å². The molecule has 1 saturated heterocycles. The minimum atomic E-state index is 0.640. The van der Waals surface area contributed by atoms with Crippen molar-refractivity contribution in [1.82, 2.24) is 5.32 Å². The highest BCUT2D eigenvalue weighted by atomic mass is 15.0. The van der Waals surface area contributed by atoms with Gasteiger partial charge in [0.1, 0.15) is 0 Å². The predicted octanol–water partition coefficient (Wildman–Crippen LogP) is 1.89. The van der Waals surface area contributed by atoms with Gasteiger partial charge in [-0.2, -0.15) is 0 Å². The molecular weight excluding hydrogens is 210 g/mol. The van der Waals surface area contributed by atoms with E-state index < -0.39 is 0 Å². The Kier molecular flexibility index (Phi) is 3.01. The van der Waals surface area contributed by atoms with Crippen molar-refractivity contribution < 1.29 is 0 Å². The molecule has 3 rings (SSSR count). The molecule has 2 heterocycles. The van der Waals surface area contributed by atoms with Crippen LogP contribution >= 0.6 is 0 Å². The number of rotatable bonds is 2. The maximum atomic E-state index is 4.72. The van der Waals surface area contributed by atoms with Crippen molar-refractivity contribution in [3.63, 3.8) is 0 Å². The largest absolute Gasteiger partial charge is 0.317 e. The zero-order valence-electron chi connectivity index (χ0n) is 9.89. The number of benzene rings is 1. The van der Waals surface area contributed by atoms with Gasteiger partial charge in [0.05, 0.1) is 6.54 Å². The van der Waals surface area contributed by atoms with Crippen LogP contribution < -0.4 is 5.32 Å². The average molecular weight is 227 g/mol. The zero-order chi connectivity index (χ0) is 11.5. The molecule has 1 aromatic rings. The summed E-state index contributed by atoms with van der Waals surface area (Å²) >= 11 is 0. The Morgan fingerprint density at radius 3 is 2.59 bits per heavy atom.